The highest BCUT2D eigenvalue weighted by Gasteiger charge is 2.11. The first kappa shape index (κ1) is 13.2. The van der Waals surface area contributed by atoms with Crippen molar-refractivity contribution < 1.29 is 4.39 Å². The van der Waals surface area contributed by atoms with E-state index in [1.165, 1.54) is 6.07 Å². The molecule has 2 nitrogen and oxygen atoms in total. The molecule has 18 heavy (non-hydrogen) atoms. The molecule has 0 aliphatic rings. The number of halogens is 2. The molecule has 4 heteroatoms. The summed E-state index contributed by atoms with van der Waals surface area (Å²) in [5.41, 5.74) is 2.20. The predicted molar refractivity (Wildman–Crippen MR) is 73.8 cm³/mol. The van der Waals surface area contributed by atoms with Crippen LogP contribution in [0.15, 0.2) is 47.2 Å². The number of nitrogens with one attached hydrogen (secondary N) is 1. The number of nitrogens with zero attached hydrogens (tertiary/aromatic N) is 1. The van der Waals surface area contributed by atoms with E-state index in [-0.39, 0.29) is 11.9 Å². The third-order valence-electron chi connectivity index (χ3n) is 2.86. The number of hydrogen-bond donors (Lipinski definition) is 1. The van der Waals surface area contributed by atoms with Crippen molar-refractivity contribution in [2.75, 3.05) is 7.05 Å². The van der Waals surface area contributed by atoms with E-state index in [1.54, 1.807) is 12.3 Å². The van der Waals surface area contributed by atoms with Gasteiger partial charge in [-0.3, -0.25) is 4.98 Å². The van der Waals surface area contributed by atoms with Crippen LogP contribution in [-0.4, -0.2) is 12.0 Å². The zero-order chi connectivity index (χ0) is 13.0. The van der Waals surface area contributed by atoms with Gasteiger partial charge in [0.2, 0.25) is 0 Å². The molecule has 0 aliphatic heterocycles. The van der Waals surface area contributed by atoms with Crippen LogP contribution in [0.5, 0.6) is 0 Å². The monoisotopic (exact) mass is 308 g/mol. The van der Waals surface area contributed by atoms with Crippen LogP contribution in [0.3, 0.4) is 0 Å². The molecule has 1 atom stereocenters. The summed E-state index contributed by atoms with van der Waals surface area (Å²) in [5, 5.41) is 3.24. The maximum Gasteiger partial charge on any atom is 0.137 e. The zero-order valence-electron chi connectivity index (χ0n) is 10.0. The van der Waals surface area contributed by atoms with E-state index < -0.39 is 0 Å². The summed E-state index contributed by atoms with van der Waals surface area (Å²) >= 11 is 3.21. The Morgan fingerprint density at radius 2 is 2.22 bits per heavy atom. The molecule has 2 rings (SSSR count). The van der Waals surface area contributed by atoms with Gasteiger partial charge in [0.1, 0.15) is 5.82 Å². The average Bonchev–Trinajstić information content (AvgIpc) is 2.40. The number of likely N-dealkylation sites (N-methyl/N-ethyl adjacent to an activating group) is 1. The van der Waals surface area contributed by atoms with Gasteiger partial charge in [-0.1, -0.05) is 12.1 Å². The Bertz CT molecular complexity index is 516. The Kier molecular flexibility index (Phi) is 4.44. The topological polar surface area (TPSA) is 24.9 Å². The van der Waals surface area contributed by atoms with Crippen LogP contribution in [0.1, 0.15) is 17.2 Å². The fourth-order valence-electron chi connectivity index (χ4n) is 1.87. The highest BCUT2D eigenvalue weighted by Crippen LogP contribution is 2.23. The second-order valence-electron chi connectivity index (χ2n) is 4.08. The number of aromatic nitrogens is 1. The minimum absolute atomic E-state index is 0.145. The van der Waals surface area contributed by atoms with Crippen molar-refractivity contribution in [3.8, 4) is 0 Å². The number of benzene rings is 1. The molecule has 1 unspecified atom stereocenters. The molecule has 0 saturated heterocycles. The SMILES string of the molecule is CNC(Cc1cccnc1)c1ccc(F)c(Br)c1. The van der Waals surface area contributed by atoms with Crippen LogP contribution in [0, 0.1) is 5.82 Å². The van der Waals surface area contributed by atoms with E-state index in [0.717, 1.165) is 17.5 Å². The normalized spacial score (nSPS) is 12.4. The molecule has 0 saturated carbocycles. The Labute approximate surface area is 114 Å². The summed E-state index contributed by atoms with van der Waals surface area (Å²) in [7, 11) is 1.90. The minimum atomic E-state index is -0.241. The quantitative estimate of drug-likeness (QED) is 0.935. The van der Waals surface area contributed by atoms with Crippen molar-refractivity contribution in [1.82, 2.24) is 10.3 Å². The molecule has 1 N–H and O–H groups in total. The lowest BCUT2D eigenvalue weighted by Gasteiger charge is -2.17. The highest BCUT2D eigenvalue weighted by atomic mass is 79.9. The summed E-state index contributed by atoms with van der Waals surface area (Å²) in [4.78, 5) is 4.10. The lowest BCUT2D eigenvalue weighted by atomic mass is 10.00. The first-order valence-electron chi connectivity index (χ1n) is 5.72. The molecule has 0 amide bonds. The van der Waals surface area contributed by atoms with Gasteiger partial charge in [-0.15, -0.1) is 0 Å². The molecule has 1 heterocycles. The van der Waals surface area contributed by atoms with Gasteiger partial charge >= 0.3 is 0 Å². The van der Waals surface area contributed by atoms with Crippen molar-refractivity contribution >= 4 is 15.9 Å². The maximum absolute atomic E-state index is 13.2. The Balaban J connectivity index is 2.20. The number of rotatable bonds is 4. The van der Waals surface area contributed by atoms with Crippen molar-refractivity contribution in [2.24, 2.45) is 0 Å². The van der Waals surface area contributed by atoms with Gasteiger partial charge in [0.25, 0.3) is 0 Å². The number of hydrogen-bond acceptors (Lipinski definition) is 2. The predicted octanol–water partition coefficient (Wildman–Crippen LogP) is 3.49. The van der Waals surface area contributed by atoms with E-state index in [4.69, 9.17) is 0 Å². The summed E-state index contributed by atoms with van der Waals surface area (Å²) in [5.74, 6) is -0.241. The molecular formula is C14H14BrFN2. The van der Waals surface area contributed by atoms with Gasteiger partial charge in [0, 0.05) is 18.4 Å². The second kappa shape index (κ2) is 6.07. The van der Waals surface area contributed by atoms with Crippen molar-refractivity contribution in [2.45, 2.75) is 12.5 Å². The van der Waals surface area contributed by atoms with Gasteiger partial charge in [-0.05, 0) is 58.7 Å². The van der Waals surface area contributed by atoms with Crippen molar-refractivity contribution in [3.05, 3.63) is 64.1 Å². The van der Waals surface area contributed by atoms with E-state index in [9.17, 15) is 4.39 Å². The Hall–Kier alpha value is -1.26. The average molecular weight is 309 g/mol. The lowest BCUT2D eigenvalue weighted by Crippen LogP contribution is -2.19. The first-order valence-corrected chi connectivity index (χ1v) is 6.51. The first-order chi connectivity index (χ1) is 8.70. The van der Waals surface area contributed by atoms with Crippen LogP contribution in [0.2, 0.25) is 0 Å². The molecular weight excluding hydrogens is 295 g/mol. The number of pyridine rings is 1. The molecule has 2 aromatic rings. The van der Waals surface area contributed by atoms with Gasteiger partial charge in [-0.25, -0.2) is 4.39 Å². The van der Waals surface area contributed by atoms with Crippen LogP contribution >= 0.6 is 15.9 Å². The van der Waals surface area contributed by atoms with Crippen LogP contribution in [0.25, 0.3) is 0 Å². The lowest BCUT2D eigenvalue weighted by molar-refractivity contribution is 0.583. The molecule has 0 spiro atoms. The van der Waals surface area contributed by atoms with Gasteiger partial charge in [0.15, 0.2) is 0 Å². The fraction of sp³-hybridized carbons (Fsp3) is 0.214. The standard InChI is InChI=1S/C14H14BrFN2/c1-17-14(7-10-3-2-6-18-9-10)11-4-5-13(16)12(15)8-11/h2-6,8-9,14,17H,7H2,1H3. The fourth-order valence-corrected chi connectivity index (χ4v) is 2.27. The summed E-state index contributed by atoms with van der Waals surface area (Å²) in [6, 6.07) is 9.20. The second-order valence-corrected chi connectivity index (χ2v) is 4.93. The van der Waals surface area contributed by atoms with Crippen LogP contribution in [0.4, 0.5) is 4.39 Å². The van der Waals surface area contributed by atoms with Gasteiger partial charge in [-0.2, -0.15) is 0 Å². The third-order valence-corrected chi connectivity index (χ3v) is 3.46. The molecule has 94 valence electrons. The summed E-state index contributed by atoms with van der Waals surface area (Å²) < 4.78 is 13.7. The highest BCUT2D eigenvalue weighted by molar-refractivity contribution is 9.10. The smallest absolute Gasteiger partial charge is 0.137 e. The van der Waals surface area contributed by atoms with Crippen molar-refractivity contribution in [1.29, 1.82) is 0 Å². The molecule has 1 aromatic heterocycles. The largest absolute Gasteiger partial charge is 0.313 e. The van der Waals surface area contributed by atoms with Gasteiger partial charge in [0.05, 0.1) is 4.47 Å². The zero-order valence-corrected chi connectivity index (χ0v) is 11.6. The third kappa shape index (κ3) is 3.15. The molecule has 0 bridgehead atoms. The minimum Gasteiger partial charge on any atom is -0.313 e. The van der Waals surface area contributed by atoms with Crippen molar-refractivity contribution in [3.63, 3.8) is 0 Å². The maximum atomic E-state index is 13.2. The summed E-state index contributed by atoms with van der Waals surface area (Å²) in [6.45, 7) is 0. The summed E-state index contributed by atoms with van der Waals surface area (Å²) in [6.07, 6.45) is 4.43. The van der Waals surface area contributed by atoms with Crippen LogP contribution < -0.4 is 5.32 Å². The Morgan fingerprint density at radius 1 is 1.39 bits per heavy atom. The van der Waals surface area contributed by atoms with E-state index in [2.05, 4.69) is 26.2 Å². The van der Waals surface area contributed by atoms with Gasteiger partial charge < -0.3 is 5.32 Å². The van der Waals surface area contributed by atoms with E-state index >= 15 is 0 Å². The molecule has 0 aliphatic carbocycles. The van der Waals surface area contributed by atoms with Crippen LogP contribution in [-0.2, 0) is 6.42 Å². The molecule has 0 radical (unpaired) electrons. The molecule has 1 aromatic carbocycles. The molecule has 0 fully saturated rings. The van der Waals surface area contributed by atoms with E-state index in [0.29, 0.717) is 4.47 Å². The Morgan fingerprint density at radius 3 is 2.83 bits per heavy atom. The van der Waals surface area contributed by atoms with E-state index in [1.807, 2.05) is 31.4 Å².